The van der Waals surface area contributed by atoms with Crippen molar-refractivity contribution in [2.24, 2.45) is 0 Å². The highest BCUT2D eigenvalue weighted by Crippen LogP contribution is 1.99. The van der Waals surface area contributed by atoms with Crippen molar-refractivity contribution in [2.45, 2.75) is 13.8 Å². The smallest absolute Gasteiger partial charge is 0.325 e. The van der Waals surface area contributed by atoms with E-state index in [1.165, 1.54) is 0 Å². The average molecular weight is 195 g/mol. The van der Waals surface area contributed by atoms with Crippen LogP contribution in [0.15, 0.2) is 12.1 Å². The second kappa shape index (κ2) is 5.16. The van der Waals surface area contributed by atoms with E-state index < -0.39 is 0 Å². The predicted octanol–water partition coefficient (Wildman–Crippen LogP) is 0.760. The summed E-state index contributed by atoms with van der Waals surface area (Å²) in [6.45, 7) is 4.12. The summed E-state index contributed by atoms with van der Waals surface area (Å²) in [6.07, 6.45) is 0. The molecule has 5 nitrogen and oxygen atoms in total. The second-order valence-corrected chi connectivity index (χ2v) is 2.72. The number of esters is 1. The van der Waals surface area contributed by atoms with E-state index in [9.17, 15) is 4.79 Å². The molecule has 1 rings (SSSR count). The Balaban J connectivity index is 2.38. The fourth-order valence-electron chi connectivity index (χ4n) is 0.868. The quantitative estimate of drug-likeness (QED) is 0.718. The van der Waals surface area contributed by atoms with E-state index in [1.807, 2.05) is 13.0 Å². The third-order valence-electron chi connectivity index (χ3n) is 1.52. The number of hydrogen-bond acceptors (Lipinski definition) is 5. The average Bonchev–Trinajstić information content (AvgIpc) is 2.17. The minimum absolute atomic E-state index is 0.117. The summed E-state index contributed by atoms with van der Waals surface area (Å²) >= 11 is 0. The Morgan fingerprint density at radius 1 is 1.50 bits per heavy atom. The van der Waals surface area contributed by atoms with Crippen LogP contribution in [0.4, 0.5) is 5.82 Å². The SMILES string of the molecule is CCOC(=O)CNc1ccc(C)nn1. The molecule has 0 aromatic carbocycles. The Morgan fingerprint density at radius 3 is 2.86 bits per heavy atom. The maximum absolute atomic E-state index is 11.0. The lowest BCUT2D eigenvalue weighted by Crippen LogP contribution is -2.17. The van der Waals surface area contributed by atoms with Crippen LogP contribution in [0, 0.1) is 6.92 Å². The van der Waals surface area contributed by atoms with Gasteiger partial charge in [0.25, 0.3) is 0 Å². The van der Waals surface area contributed by atoms with Crippen molar-refractivity contribution in [1.29, 1.82) is 0 Å². The van der Waals surface area contributed by atoms with E-state index in [0.29, 0.717) is 12.4 Å². The van der Waals surface area contributed by atoms with E-state index in [-0.39, 0.29) is 12.5 Å². The zero-order valence-corrected chi connectivity index (χ0v) is 8.28. The van der Waals surface area contributed by atoms with Crippen molar-refractivity contribution in [3.63, 3.8) is 0 Å². The number of nitrogens with zero attached hydrogens (tertiary/aromatic N) is 2. The molecule has 0 bridgehead atoms. The Hall–Kier alpha value is -1.65. The van der Waals surface area contributed by atoms with Crippen LogP contribution in [0.3, 0.4) is 0 Å². The number of aromatic nitrogens is 2. The summed E-state index contributed by atoms with van der Waals surface area (Å²) in [7, 11) is 0. The molecule has 0 aliphatic heterocycles. The van der Waals surface area contributed by atoms with Gasteiger partial charge in [-0.2, -0.15) is 5.10 Å². The van der Waals surface area contributed by atoms with E-state index >= 15 is 0 Å². The van der Waals surface area contributed by atoms with Crippen LogP contribution in [-0.2, 0) is 9.53 Å². The van der Waals surface area contributed by atoms with Gasteiger partial charge in [-0.05, 0) is 26.0 Å². The van der Waals surface area contributed by atoms with Gasteiger partial charge in [-0.15, -0.1) is 5.10 Å². The Morgan fingerprint density at radius 2 is 2.29 bits per heavy atom. The van der Waals surface area contributed by atoms with Gasteiger partial charge in [0, 0.05) is 0 Å². The van der Waals surface area contributed by atoms with Crippen LogP contribution in [0.2, 0.25) is 0 Å². The van der Waals surface area contributed by atoms with Crippen molar-refractivity contribution in [1.82, 2.24) is 10.2 Å². The molecule has 76 valence electrons. The van der Waals surface area contributed by atoms with Crippen molar-refractivity contribution in [3.05, 3.63) is 17.8 Å². The van der Waals surface area contributed by atoms with Crippen molar-refractivity contribution in [3.8, 4) is 0 Å². The van der Waals surface area contributed by atoms with Gasteiger partial charge in [-0.3, -0.25) is 4.79 Å². The molecule has 0 saturated carbocycles. The van der Waals surface area contributed by atoms with Crippen molar-refractivity contribution < 1.29 is 9.53 Å². The van der Waals surface area contributed by atoms with Crippen LogP contribution in [-0.4, -0.2) is 29.3 Å². The standard InChI is InChI=1S/C9H13N3O2/c1-3-14-9(13)6-10-8-5-4-7(2)11-12-8/h4-5H,3,6H2,1-2H3,(H,10,12). The molecule has 0 atom stereocenters. The van der Waals surface area contributed by atoms with Gasteiger partial charge in [-0.1, -0.05) is 0 Å². The van der Waals surface area contributed by atoms with Gasteiger partial charge in [0.15, 0.2) is 0 Å². The fraction of sp³-hybridized carbons (Fsp3) is 0.444. The predicted molar refractivity (Wildman–Crippen MR) is 51.9 cm³/mol. The van der Waals surface area contributed by atoms with Crippen LogP contribution >= 0.6 is 0 Å². The summed E-state index contributed by atoms with van der Waals surface area (Å²) in [6, 6.07) is 3.59. The number of carbonyl (C=O) groups is 1. The minimum Gasteiger partial charge on any atom is -0.465 e. The number of rotatable bonds is 4. The highest BCUT2D eigenvalue weighted by Gasteiger charge is 2.01. The number of nitrogens with one attached hydrogen (secondary N) is 1. The number of ether oxygens (including phenoxy) is 1. The summed E-state index contributed by atoms with van der Waals surface area (Å²) in [5.41, 5.74) is 0.840. The van der Waals surface area contributed by atoms with E-state index in [4.69, 9.17) is 4.74 Å². The normalized spacial score (nSPS) is 9.57. The van der Waals surface area contributed by atoms with Gasteiger partial charge >= 0.3 is 5.97 Å². The number of carbonyl (C=O) groups excluding carboxylic acids is 1. The first kappa shape index (κ1) is 10.4. The number of aryl methyl sites for hydroxylation is 1. The van der Waals surface area contributed by atoms with Crippen molar-refractivity contribution in [2.75, 3.05) is 18.5 Å². The van der Waals surface area contributed by atoms with Crippen LogP contribution in [0.5, 0.6) is 0 Å². The van der Waals surface area contributed by atoms with Crippen LogP contribution in [0.25, 0.3) is 0 Å². The molecule has 0 aliphatic carbocycles. The van der Waals surface area contributed by atoms with Crippen molar-refractivity contribution >= 4 is 11.8 Å². The lowest BCUT2D eigenvalue weighted by Gasteiger charge is -2.03. The second-order valence-electron chi connectivity index (χ2n) is 2.72. The van der Waals surface area contributed by atoms with Gasteiger partial charge < -0.3 is 10.1 Å². The molecule has 0 amide bonds. The molecule has 5 heteroatoms. The summed E-state index contributed by atoms with van der Waals surface area (Å²) < 4.78 is 4.74. The van der Waals surface area contributed by atoms with Crippen LogP contribution in [0.1, 0.15) is 12.6 Å². The molecule has 1 aromatic heterocycles. The van der Waals surface area contributed by atoms with Gasteiger partial charge in [-0.25, -0.2) is 0 Å². The largest absolute Gasteiger partial charge is 0.465 e. The van der Waals surface area contributed by atoms with Crippen LogP contribution < -0.4 is 5.32 Å². The van der Waals surface area contributed by atoms with Gasteiger partial charge in [0.2, 0.25) is 0 Å². The van der Waals surface area contributed by atoms with E-state index in [2.05, 4.69) is 15.5 Å². The molecule has 0 unspecified atom stereocenters. The Labute approximate surface area is 82.5 Å². The zero-order chi connectivity index (χ0) is 10.4. The van der Waals surface area contributed by atoms with E-state index in [1.54, 1.807) is 13.0 Å². The summed E-state index contributed by atoms with van der Waals surface area (Å²) in [4.78, 5) is 11.0. The molecule has 0 aliphatic rings. The molecule has 0 spiro atoms. The maximum atomic E-state index is 11.0. The molecule has 1 heterocycles. The first-order valence-corrected chi connectivity index (χ1v) is 4.42. The first-order valence-electron chi connectivity index (χ1n) is 4.42. The summed E-state index contributed by atoms with van der Waals surface area (Å²) in [5.74, 6) is 0.276. The molecule has 0 saturated heterocycles. The lowest BCUT2D eigenvalue weighted by molar-refractivity contribution is -0.140. The zero-order valence-electron chi connectivity index (χ0n) is 8.28. The lowest BCUT2D eigenvalue weighted by atomic mass is 10.4. The maximum Gasteiger partial charge on any atom is 0.325 e. The highest BCUT2D eigenvalue weighted by atomic mass is 16.5. The Kier molecular flexibility index (Phi) is 3.84. The first-order chi connectivity index (χ1) is 6.72. The fourth-order valence-corrected chi connectivity index (χ4v) is 0.868. The molecule has 14 heavy (non-hydrogen) atoms. The molecule has 0 fully saturated rings. The number of hydrogen-bond donors (Lipinski definition) is 1. The minimum atomic E-state index is -0.296. The molecular formula is C9H13N3O2. The van der Waals surface area contributed by atoms with Gasteiger partial charge in [0.1, 0.15) is 12.4 Å². The van der Waals surface area contributed by atoms with E-state index in [0.717, 1.165) is 5.69 Å². The monoisotopic (exact) mass is 195 g/mol. The Bertz CT molecular complexity index is 297. The molecule has 1 aromatic rings. The third-order valence-corrected chi connectivity index (χ3v) is 1.52. The highest BCUT2D eigenvalue weighted by molar-refractivity contribution is 5.74. The summed E-state index contributed by atoms with van der Waals surface area (Å²) in [5, 5.41) is 10.5. The topological polar surface area (TPSA) is 64.1 Å². The molecular weight excluding hydrogens is 182 g/mol. The number of anilines is 1. The molecule has 1 N–H and O–H groups in total. The van der Waals surface area contributed by atoms with Gasteiger partial charge in [0.05, 0.1) is 12.3 Å². The molecule has 0 radical (unpaired) electrons. The third kappa shape index (κ3) is 3.38.